The van der Waals surface area contributed by atoms with Crippen molar-refractivity contribution >= 4 is 32.5 Å². The summed E-state index contributed by atoms with van der Waals surface area (Å²) in [6, 6.07) is 12.3. The Bertz CT molecular complexity index is 1200. The van der Waals surface area contributed by atoms with E-state index in [0.29, 0.717) is 23.4 Å². The molecule has 0 unspecified atom stereocenters. The Hall–Kier alpha value is -2.68. The van der Waals surface area contributed by atoms with Crippen molar-refractivity contribution in [2.75, 3.05) is 19.0 Å². The predicted octanol–water partition coefficient (Wildman–Crippen LogP) is 3.29. The number of ether oxygens (including phenoxy) is 1. The van der Waals surface area contributed by atoms with Crippen molar-refractivity contribution in [3.8, 4) is 0 Å². The number of sulfonamides is 1. The van der Waals surface area contributed by atoms with Crippen LogP contribution >= 0.6 is 0 Å². The van der Waals surface area contributed by atoms with Crippen molar-refractivity contribution in [2.24, 2.45) is 0 Å². The molecule has 158 valence electrons. The summed E-state index contributed by atoms with van der Waals surface area (Å²) in [5.41, 5.74) is 2.76. The standard InChI is InChI=1S/C22H25N3O4S/c1-15-3-7-19(30(27,28)24-17-4-5-17)14-20(15)22(26)23-18-6-8-21-16(13-18)9-10-25(21)11-12-29-2/h3,6-10,13-14,17,24H,4-5,11-12H2,1-2H3,(H,23,26). The summed E-state index contributed by atoms with van der Waals surface area (Å²) < 4.78 is 34.9. The number of anilines is 1. The van der Waals surface area contributed by atoms with Gasteiger partial charge < -0.3 is 14.6 Å². The molecule has 1 amide bonds. The van der Waals surface area contributed by atoms with Gasteiger partial charge in [-0.25, -0.2) is 13.1 Å². The minimum absolute atomic E-state index is 0.0107. The molecular formula is C22H25N3O4S. The molecular weight excluding hydrogens is 402 g/mol. The number of aromatic nitrogens is 1. The van der Waals surface area contributed by atoms with E-state index in [1.54, 1.807) is 20.1 Å². The molecule has 4 rings (SSSR count). The van der Waals surface area contributed by atoms with E-state index in [1.165, 1.54) is 12.1 Å². The lowest BCUT2D eigenvalue weighted by molar-refractivity contribution is 0.102. The van der Waals surface area contributed by atoms with E-state index in [4.69, 9.17) is 4.74 Å². The maximum atomic E-state index is 12.9. The van der Waals surface area contributed by atoms with Crippen LogP contribution in [0.1, 0.15) is 28.8 Å². The van der Waals surface area contributed by atoms with E-state index in [1.807, 2.05) is 30.5 Å². The number of carbonyl (C=O) groups is 1. The van der Waals surface area contributed by atoms with Gasteiger partial charge in [0.2, 0.25) is 10.0 Å². The second kappa shape index (κ2) is 8.22. The molecule has 0 spiro atoms. The maximum absolute atomic E-state index is 12.9. The van der Waals surface area contributed by atoms with Gasteiger partial charge in [-0.1, -0.05) is 6.07 Å². The SMILES string of the molecule is COCCn1ccc2cc(NC(=O)c3cc(S(=O)(=O)NC4CC4)ccc3C)ccc21. The van der Waals surface area contributed by atoms with Gasteiger partial charge in [0.15, 0.2) is 0 Å². The van der Waals surface area contributed by atoms with E-state index >= 15 is 0 Å². The first-order chi connectivity index (χ1) is 14.4. The lowest BCUT2D eigenvalue weighted by Crippen LogP contribution is -2.26. The fourth-order valence-electron chi connectivity index (χ4n) is 3.36. The molecule has 8 heteroatoms. The van der Waals surface area contributed by atoms with Crippen LogP contribution in [0.3, 0.4) is 0 Å². The number of benzene rings is 2. The van der Waals surface area contributed by atoms with Crippen LogP contribution in [0.15, 0.2) is 53.6 Å². The third-order valence-electron chi connectivity index (χ3n) is 5.23. The molecule has 1 aromatic heterocycles. The molecule has 0 saturated heterocycles. The van der Waals surface area contributed by atoms with Crippen LogP contribution in [0.4, 0.5) is 5.69 Å². The van der Waals surface area contributed by atoms with Gasteiger partial charge in [-0.15, -0.1) is 0 Å². The van der Waals surface area contributed by atoms with Crippen LogP contribution in [0.25, 0.3) is 10.9 Å². The first-order valence-corrected chi connectivity index (χ1v) is 11.4. The molecule has 30 heavy (non-hydrogen) atoms. The molecule has 0 aliphatic heterocycles. The molecule has 3 aromatic rings. The predicted molar refractivity (Wildman–Crippen MR) is 116 cm³/mol. The fraction of sp³-hybridized carbons (Fsp3) is 0.318. The smallest absolute Gasteiger partial charge is 0.255 e. The van der Waals surface area contributed by atoms with Gasteiger partial charge in [0.1, 0.15) is 0 Å². The summed E-state index contributed by atoms with van der Waals surface area (Å²) in [6.07, 6.45) is 3.70. The normalized spacial score (nSPS) is 14.2. The fourth-order valence-corrected chi connectivity index (χ4v) is 4.69. The number of rotatable bonds is 8. The first kappa shape index (κ1) is 20.6. The minimum Gasteiger partial charge on any atom is -0.383 e. The van der Waals surface area contributed by atoms with E-state index in [-0.39, 0.29) is 16.8 Å². The largest absolute Gasteiger partial charge is 0.383 e. The molecule has 1 heterocycles. The van der Waals surface area contributed by atoms with Crippen LogP contribution in [0.2, 0.25) is 0 Å². The Kier molecular flexibility index (Phi) is 5.64. The zero-order valence-electron chi connectivity index (χ0n) is 17.0. The third kappa shape index (κ3) is 4.40. The molecule has 2 aromatic carbocycles. The number of fused-ring (bicyclic) bond motifs is 1. The van der Waals surface area contributed by atoms with Crippen molar-refractivity contribution in [3.63, 3.8) is 0 Å². The third-order valence-corrected chi connectivity index (χ3v) is 6.75. The Morgan fingerprint density at radius 2 is 1.97 bits per heavy atom. The molecule has 2 N–H and O–H groups in total. The molecule has 0 radical (unpaired) electrons. The van der Waals surface area contributed by atoms with Gasteiger partial charge in [-0.2, -0.15) is 0 Å². The summed E-state index contributed by atoms with van der Waals surface area (Å²) in [7, 11) is -1.95. The molecule has 0 atom stereocenters. The van der Waals surface area contributed by atoms with Crippen LogP contribution in [-0.2, 0) is 21.3 Å². The highest BCUT2D eigenvalue weighted by molar-refractivity contribution is 7.89. The Morgan fingerprint density at radius 1 is 1.17 bits per heavy atom. The Balaban J connectivity index is 1.55. The second-order valence-corrected chi connectivity index (χ2v) is 9.32. The molecule has 1 aliphatic carbocycles. The maximum Gasteiger partial charge on any atom is 0.255 e. The average molecular weight is 428 g/mol. The van der Waals surface area contributed by atoms with Crippen molar-refractivity contribution in [1.29, 1.82) is 0 Å². The van der Waals surface area contributed by atoms with Crippen LogP contribution in [-0.4, -0.2) is 38.7 Å². The van der Waals surface area contributed by atoms with Gasteiger partial charge in [-0.05, 0) is 61.7 Å². The lowest BCUT2D eigenvalue weighted by Gasteiger charge is -2.11. The lowest BCUT2D eigenvalue weighted by atomic mass is 10.1. The molecule has 0 bridgehead atoms. The molecule has 1 saturated carbocycles. The number of methoxy groups -OCH3 is 1. The molecule has 7 nitrogen and oxygen atoms in total. The Labute approximate surface area is 176 Å². The number of hydrogen-bond donors (Lipinski definition) is 2. The summed E-state index contributed by atoms with van der Waals surface area (Å²) in [4.78, 5) is 13.0. The topological polar surface area (TPSA) is 89.4 Å². The van der Waals surface area contributed by atoms with E-state index in [2.05, 4.69) is 14.6 Å². The number of carbonyl (C=O) groups excluding carboxylic acids is 1. The summed E-state index contributed by atoms with van der Waals surface area (Å²) in [5, 5.41) is 3.89. The highest BCUT2D eigenvalue weighted by Gasteiger charge is 2.28. The monoisotopic (exact) mass is 427 g/mol. The summed E-state index contributed by atoms with van der Waals surface area (Å²) in [5.74, 6) is -0.339. The van der Waals surface area contributed by atoms with E-state index in [9.17, 15) is 13.2 Å². The van der Waals surface area contributed by atoms with Crippen LogP contribution in [0.5, 0.6) is 0 Å². The first-order valence-electron chi connectivity index (χ1n) is 9.89. The summed E-state index contributed by atoms with van der Waals surface area (Å²) in [6.45, 7) is 3.16. The number of aryl methyl sites for hydroxylation is 1. The van der Waals surface area contributed by atoms with E-state index < -0.39 is 10.0 Å². The zero-order valence-corrected chi connectivity index (χ0v) is 17.8. The molecule has 1 fully saturated rings. The van der Waals surface area contributed by atoms with Crippen molar-refractivity contribution < 1.29 is 17.9 Å². The van der Waals surface area contributed by atoms with Crippen LogP contribution in [0, 0.1) is 6.92 Å². The van der Waals surface area contributed by atoms with Gasteiger partial charge in [-0.3, -0.25) is 4.79 Å². The van der Waals surface area contributed by atoms with Crippen molar-refractivity contribution in [1.82, 2.24) is 9.29 Å². The van der Waals surface area contributed by atoms with Gasteiger partial charge >= 0.3 is 0 Å². The Morgan fingerprint density at radius 3 is 2.70 bits per heavy atom. The number of nitrogens with one attached hydrogen (secondary N) is 2. The van der Waals surface area contributed by atoms with Crippen molar-refractivity contribution in [3.05, 3.63) is 59.8 Å². The number of hydrogen-bond acceptors (Lipinski definition) is 4. The average Bonchev–Trinajstić information content (AvgIpc) is 3.43. The quantitative estimate of drug-likeness (QED) is 0.577. The highest BCUT2D eigenvalue weighted by atomic mass is 32.2. The molecule has 1 aliphatic rings. The van der Waals surface area contributed by atoms with Crippen molar-refractivity contribution in [2.45, 2.75) is 37.2 Å². The minimum atomic E-state index is -3.62. The summed E-state index contributed by atoms with van der Waals surface area (Å²) >= 11 is 0. The number of nitrogens with zero attached hydrogens (tertiary/aromatic N) is 1. The second-order valence-electron chi connectivity index (χ2n) is 7.60. The van der Waals surface area contributed by atoms with Gasteiger partial charge in [0.25, 0.3) is 5.91 Å². The van der Waals surface area contributed by atoms with Crippen LogP contribution < -0.4 is 10.0 Å². The van der Waals surface area contributed by atoms with Gasteiger partial charge in [0.05, 0.1) is 11.5 Å². The number of amides is 1. The van der Waals surface area contributed by atoms with Gasteiger partial charge in [0, 0.05) is 48.0 Å². The zero-order chi connectivity index (χ0) is 21.3. The van der Waals surface area contributed by atoms with E-state index in [0.717, 1.165) is 30.3 Å². The highest BCUT2D eigenvalue weighted by Crippen LogP contribution is 2.25.